The van der Waals surface area contributed by atoms with Gasteiger partial charge in [-0.1, -0.05) is 26.1 Å². The SMILES string of the molecule is CC(C)CN(CCC(N)=S)c1ncc(F)cn1. The molecule has 0 atom stereocenters. The molecule has 0 radical (unpaired) electrons. The summed E-state index contributed by atoms with van der Waals surface area (Å²) in [4.78, 5) is 10.4. The molecule has 1 rings (SSSR count). The van der Waals surface area contributed by atoms with Gasteiger partial charge in [0.2, 0.25) is 5.95 Å². The number of halogens is 1. The molecule has 0 bridgehead atoms. The summed E-state index contributed by atoms with van der Waals surface area (Å²) in [5.41, 5.74) is 5.48. The minimum absolute atomic E-state index is 0.437. The predicted molar refractivity (Wildman–Crippen MR) is 70.4 cm³/mol. The van der Waals surface area contributed by atoms with Gasteiger partial charge in [-0.2, -0.15) is 0 Å². The fourth-order valence-corrected chi connectivity index (χ4v) is 1.52. The van der Waals surface area contributed by atoms with Crippen LogP contribution in [0.2, 0.25) is 0 Å². The Balaban J connectivity index is 2.74. The number of rotatable bonds is 6. The van der Waals surface area contributed by atoms with E-state index >= 15 is 0 Å². The molecule has 0 fully saturated rings. The van der Waals surface area contributed by atoms with E-state index in [4.69, 9.17) is 18.0 Å². The number of thiocarbonyl (C=S) groups is 1. The smallest absolute Gasteiger partial charge is 0.225 e. The van der Waals surface area contributed by atoms with E-state index in [2.05, 4.69) is 23.8 Å². The van der Waals surface area contributed by atoms with E-state index in [0.717, 1.165) is 18.9 Å². The van der Waals surface area contributed by atoms with Crippen LogP contribution in [0.4, 0.5) is 10.3 Å². The first-order valence-electron chi connectivity index (χ1n) is 5.50. The van der Waals surface area contributed by atoms with Crippen molar-refractivity contribution in [3.63, 3.8) is 0 Å². The molecule has 94 valence electrons. The average Bonchev–Trinajstić information content (AvgIpc) is 2.25. The maximum atomic E-state index is 12.7. The molecule has 0 aliphatic heterocycles. The van der Waals surface area contributed by atoms with Gasteiger partial charge in [0.25, 0.3) is 0 Å². The van der Waals surface area contributed by atoms with Gasteiger partial charge in [0.15, 0.2) is 5.82 Å². The van der Waals surface area contributed by atoms with Crippen LogP contribution in [0.3, 0.4) is 0 Å². The van der Waals surface area contributed by atoms with Gasteiger partial charge in [-0.25, -0.2) is 14.4 Å². The zero-order valence-electron chi connectivity index (χ0n) is 10.1. The normalized spacial score (nSPS) is 10.6. The van der Waals surface area contributed by atoms with Crippen molar-refractivity contribution < 1.29 is 4.39 Å². The Kier molecular flexibility index (Phi) is 5.21. The number of hydrogen-bond acceptors (Lipinski definition) is 4. The van der Waals surface area contributed by atoms with Gasteiger partial charge in [0.1, 0.15) is 0 Å². The number of anilines is 1. The summed E-state index contributed by atoms with van der Waals surface area (Å²) >= 11 is 4.85. The summed E-state index contributed by atoms with van der Waals surface area (Å²) in [6.45, 7) is 5.63. The first-order valence-corrected chi connectivity index (χ1v) is 5.90. The highest BCUT2D eigenvalue weighted by molar-refractivity contribution is 7.80. The molecule has 0 aliphatic rings. The van der Waals surface area contributed by atoms with Crippen molar-refractivity contribution in [1.29, 1.82) is 0 Å². The van der Waals surface area contributed by atoms with Crippen molar-refractivity contribution in [2.45, 2.75) is 20.3 Å². The third-order valence-electron chi connectivity index (χ3n) is 2.10. The molecule has 17 heavy (non-hydrogen) atoms. The third kappa shape index (κ3) is 5.04. The molecule has 6 heteroatoms. The molecule has 0 unspecified atom stereocenters. The molecular weight excluding hydrogens is 239 g/mol. The molecule has 0 aromatic carbocycles. The Bertz CT molecular complexity index is 366. The maximum absolute atomic E-state index is 12.7. The molecule has 1 aromatic rings. The van der Waals surface area contributed by atoms with Crippen molar-refractivity contribution in [3.05, 3.63) is 18.2 Å². The monoisotopic (exact) mass is 256 g/mol. The third-order valence-corrected chi connectivity index (χ3v) is 2.31. The molecule has 4 nitrogen and oxygen atoms in total. The van der Waals surface area contributed by atoms with E-state index in [1.807, 2.05) is 4.90 Å². The summed E-state index contributed by atoms with van der Waals surface area (Å²) < 4.78 is 12.7. The van der Waals surface area contributed by atoms with E-state index in [0.29, 0.717) is 29.8 Å². The second-order valence-electron chi connectivity index (χ2n) is 4.26. The van der Waals surface area contributed by atoms with Crippen LogP contribution < -0.4 is 10.6 Å². The second-order valence-corrected chi connectivity index (χ2v) is 4.78. The van der Waals surface area contributed by atoms with E-state index in [9.17, 15) is 4.39 Å². The van der Waals surface area contributed by atoms with Gasteiger partial charge in [-0.15, -0.1) is 0 Å². The first kappa shape index (κ1) is 13.8. The number of aromatic nitrogens is 2. The van der Waals surface area contributed by atoms with Gasteiger partial charge in [0, 0.05) is 19.5 Å². The van der Waals surface area contributed by atoms with Crippen molar-refractivity contribution in [2.24, 2.45) is 11.7 Å². The minimum Gasteiger partial charge on any atom is -0.393 e. The van der Waals surface area contributed by atoms with Crippen LogP contribution in [0, 0.1) is 11.7 Å². The first-order chi connectivity index (χ1) is 7.99. The number of hydrogen-bond donors (Lipinski definition) is 1. The van der Waals surface area contributed by atoms with Crippen molar-refractivity contribution >= 4 is 23.2 Å². The fraction of sp³-hybridized carbons (Fsp3) is 0.545. The molecule has 1 aromatic heterocycles. The van der Waals surface area contributed by atoms with E-state index in [-0.39, 0.29) is 0 Å². The quantitative estimate of drug-likeness (QED) is 0.786. The van der Waals surface area contributed by atoms with Crippen LogP contribution in [0.1, 0.15) is 20.3 Å². The number of nitrogens with two attached hydrogens (primary N) is 1. The summed E-state index contributed by atoms with van der Waals surface area (Å²) in [5.74, 6) is 0.527. The van der Waals surface area contributed by atoms with Crippen LogP contribution in [0.25, 0.3) is 0 Å². The van der Waals surface area contributed by atoms with Crippen LogP contribution >= 0.6 is 12.2 Å². The molecule has 2 N–H and O–H groups in total. The highest BCUT2D eigenvalue weighted by atomic mass is 32.1. The van der Waals surface area contributed by atoms with Crippen molar-refractivity contribution in [3.8, 4) is 0 Å². The summed E-state index contributed by atoms with van der Waals surface area (Å²) in [5, 5.41) is 0. The van der Waals surface area contributed by atoms with Gasteiger partial charge in [-0.05, 0) is 5.92 Å². The van der Waals surface area contributed by atoms with Crippen LogP contribution in [-0.2, 0) is 0 Å². The zero-order valence-corrected chi connectivity index (χ0v) is 10.9. The molecule has 0 spiro atoms. The Morgan fingerprint density at radius 3 is 2.53 bits per heavy atom. The van der Waals surface area contributed by atoms with Crippen molar-refractivity contribution in [1.82, 2.24) is 9.97 Å². The summed E-state index contributed by atoms with van der Waals surface area (Å²) in [6, 6.07) is 0. The highest BCUT2D eigenvalue weighted by Crippen LogP contribution is 2.10. The lowest BCUT2D eigenvalue weighted by Gasteiger charge is -2.24. The predicted octanol–water partition coefficient (Wildman–Crippen LogP) is 1.75. The Morgan fingerprint density at radius 2 is 2.06 bits per heavy atom. The van der Waals surface area contributed by atoms with Crippen molar-refractivity contribution in [2.75, 3.05) is 18.0 Å². The summed E-state index contributed by atoms with van der Waals surface area (Å²) in [6.07, 6.45) is 2.93. The molecule has 0 saturated heterocycles. The standard InChI is InChI=1S/C11H17FN4S/c1-8(2)7-16(4-3-10(13)17)11-14-5-9(12)6-15-11/h5-6,8H,3-4,7H2,1-2H3,(H2,13,17). The molecule has 1 heterocycles. The zero-order chi connectivity index (χ0) is 12.8. The summed E-state index contributed by atoms with van der Waals surface area (Å²) in [7, 11) is 0. The molecule has 0 amide bonds. The van der Waals surface area contributed by atoms with Crippen LogP contribution in [0.15, 0.2) is 12.4 Å². The van der Waals surface area contributed by atoms with E-state index in [1.165, 1.54) is 0 Å². The number of nitrogens with zero attached hydrogens (tertiary/aromatic N) is 3. The average molecular weight is 256 g/mol. The van der Waals surface area contributed by atoms with E-state index in [1.54, 1.807) is 0 Å². The van der Waals surface area contributed by atoms with Gasteiger partial charge < -0.3 is 10.6 Å². The topological polar surface area (TPSA) is 55.0 Å². The highest BCUT2D eigenvalue weighted by Gasteiger charge is 2.11. The maximum Gasteiger partial charge on any atom is 0.225 e. The minimum atomic E-state index is -0.437. The van der Waals surface area contributed by atoms with Gasteiger partial charge in [0.05, 0.1) is 17.4 Å². The van der Waals surface area contributed by atoms with Crippen LogP contribution in [0.5, 0.6) is 0 Å². The molecule has 0 saturated carbocycles. The Morgan fingerprint density at radius 1 is 1.47 bits per heavy atom. The van der Waals surface area contributed by atoms with Gasteiger partial charge in [-0.3, -0.25) is 0 Å². The molecule has 0 aliphatic carbocycles. The Labute approximate surface area is 106 Å². The molecular formula is C11H17FN4S. The van der Waals surface area contributed by atoms with Gasteiger partial charge >= 0.3 is 0 Å². The fourth-order valence-electron chi connectivity index (χ4n) is 1.43. The Hall–Kier alpha value is -1.30. The lowest BCUT2D eigenvalue weighted by Crippen LogP contribution is -2.32. The lowest BCUT2D eigenvalue weighted by molar-refractivity contribution is 0.590. The van der Waals surface area contributed by atoms with Crippen LogP contribution in [-0.4, -0.2) is 28.0 Å². The largest absolute Gasteiger partial charge is 0.393 e. The van der Waals surface area contributed by atoms with E-state index < -0.39 is 5.82 Å². The second kappa shape index (κ2) is 6.44. The lowest BCUT2D eigenvalue weighted by atomic mass is 10.2.